The molecule has 10 heteroatoms. The molecule has 2 heterocycles. The number of furan rings is 1. The average molecular weight is 642 g/mol. The highest BCUT2D eigenvalue weighted by molar-refractivity contribution is 14.1. The summed E-state index contributed by atoms with van der Waals surface area (Å²) in [6.07, 6.45) is 3.12. The van der Waals surface area contributed by atoms with Crippen molar-refractivity contribution in [1.82, 2.24) is 0 Å². The molecule has 1 aromatic heterocycles. The predicted molar refractivity (Wildman–Crippen MR) is 129 cm³/mol. The van der Waals surface area contributed by atoms with Crippen molar-refractivity contribution in [3.05, 3.63) is 94.6 Å². The van der Waals surface area contributed by atoms with E-state index in [4.69, 9.17) is 13.9 Å². The van der Waals surface area contributed by atoms with Gasteiger partial charge in [0.2, 0.25) is 0 Å². The number of carbonyl (C=O) groups excluding carboxylic acids is 1. The number of rotatable bonds is 6. The minimum absolute atomic E-state index is 0.0357. The van der Waals surface area contributed by atoms with Gasteiger partial charge in [0.15, 0.2) is 11.5 Å². The van der Waals surface area contributed by atoms with E-state index in [2.05, 4.69) is 50.2 Å². The Labute approximate surface area is 203 Å². The average Bonchev–Trinajstić information content (AvgIpc) is 3.38. The van der Waals surface area contributed by atoms with Gasteiger partial charge in [0.1, 0.15) is 12.4 Å². The largest absolute Gasteiger partial charge is 0.487 e. The third-order valence-corrected chi connectivity index (χ3v) is 5.81. The summed E-state index contributed by atoms with van der Waals surface area (Å²) >= 11 is 4.31. The van der Waals surface area contributed by atoms with E-state index in [-0.39, 0.29) is 23.9 Å². The van der Waals surface area contributed by atoms with Gasteiger partial charge in [-0.25, -0.2) is 9.79 Å². The van der Waals surface area contributed by atoms with Crippen LogP contribution >= 0.6 is 45.2 Å². The van der Waals surface area contributed by atoms with E-state index in [1.54, 1.807) is 30.3 Å². The van der Waals surface area contributed by atoms with Crippen LogP contribution in [-0.4, -0.2) is 16.8 Å². The predicted octanol–water partition coefficient (Wildman–Crippen LogP) is 5.32. The minimum Gasteiger partial charge on any atom is -0.487 e. The van der Waals surface area contributed by atoms with Crippen molar-refractivity contribution in [2.75, 3.05) is 0 Å². The second-order valence-corrected chi connectivity index (χ2v) is 8.66. The lowest BCUT2D eigenvalue weighted by Gasteiger charge is -2.11. The molecule has 0 spiro atoms. The summed E-state index contributed by atoms with van der Waals surface area (Å²) in [6, 6.07) is 13.3. The van der Waals surface area contributed by atoms with Crippen molar-refractivity contribution >= 4 is 68.8 Å². The smallest absolute Gasteiger partial charge is 0.363 e. The van der Waals surface area contributed by atoms with Gasteiger partial charge in [-0.15, -0.1) is 0 Å². The van der Waals surface area contributed by atoms with Gasteiger partial charge in [-0.05, 0) is 98.8 Å². The van der Waals surface area contributed by atoms with Crippen LogP contribution in [0.3, 0.4) is 0 Å². The van der Waals surface area contributed by atoms with Gasteiger partial charge in [0.05, 0.1) is 18.3 Å². The van der Waals surface area contributed by atoms with Crippen molar-refractivity contribution in [3.8, 4) is 5.75 Å². The summed E-state index contributed by atoms with van der Waals surface area (Å²) in [7, 11) is 0. The first-order valence-corrected chi connectivity index (χ1v) is 11.0. The minimum atomic E-state index is -0.546. The van der Waals surface area contributed by atoms with E-state index in [1.807, 2.05) is 12.1 Å². The van der Waals surface area contributed by atoms with Crippen molar-refractivity contribution in [2.45, 2.75) is 6.61 Å². The molecule has 0 amide bonds. The summed E-state index contributed by atoms with van der Waals surface area (Å²) in [4.78, 5) is 26.7. The summed E-state index contributed by atoms with van der Waals surface area (Å²) in [5.41, 5.74) is 1.80. The van der Waals surface area contributed by atoms with E-state index < -0.39 is 10.9 Å². The summed E-state index contributed by atoms with van der Waals surface area (Å²) < 4.78 is 18.0. The van der Waals surface area contributed by atoms with Gasteiger partial charge in [-0.3, -0.25) is 10.1 Å². The lowest BCUT2D eigenvalue weighted by molar-refractivity contribution is -0.384. The van der Waals surface area contributed by atoms with Crippen LogP contribution in [-0.2, 0) is 16.1 Å². The number of cyclic esters (lactones) is 1. The van der Waals surface area contributed by atoms with Gasteiger partial charge < -0.3 is 13.9 Å². The van der Waals surface area contributed by atoms with Crippen LogP contribution in [0.5, 0.6) is 5.75 Å². The molecule has 0 N–H and O–H groups in total. The second-order valence-electron chi connectivity index (χ2n) is 6.34. The maximum absolute atomic E-state index is 12.1. The molecule has 156 valence electrons. The standard InChI is InChI=1S/C21H12I2N2O6/c22-15-8-13(10-17-21(26)31-20(24-17)18-2-1-7-29-18)9-16(23)19(15)30-11-12-3-5-14(6-4-12)25(27)28/h1-10H,11H2/b17-10-. The number of benzene rings is 2. The Morgan fingerprint density at radius 3 is 2.45 bits per heavy atom. The Bertz CT molecular complexity index is 1190. The molecule has 0 radical (unpaired) electrons. The fourth-order valence-corrected chi connectivity index (χ4v) is 4.87. The van der Waals surface area contributed by atoms with Crippen LogP contribution in [0.4, 0.5) is 5.69 Å². The highest BCUT2D eigenvalue weighted by Gasteiger charge is 2.26. The molecule has 0 aliphatic carbocycles. The van der Waals surface area contributed by atoms with Crippen LogP contribution in [0.25, 0.3) is 6.08 Å². The first kappa shape index (κ1) is 21.5. The summed E-state index contributed by atoms with van der Waals surface area (Å²) in [5, 5.41) is 10.8. The van der Waals surface area contributed by atoms with Crippen LogP contribution in [0.15, 0.2) is 69.9 Å². The molecule has 31 heavy (non-hydrogen) atoms. The Morgan fingerprint density at radius 1 is 1.13 bits per heavy atom. The van der Waals surface area contributed by atoms with E-state index >= 15 is 0 Å². The normalized spacial score (nSPS) is 14.5. The zero-order valence-electron chi connectivity index (χ0n) is 15.6. The molecule has 2 aromatic carbocycles. The molecule has 0 unspecified atom stereocenters. The molecule has 0 bridgehead atoms. The molecule has 0 saturated carbocycles. The highest BCUT2D eigenvalue weighted by Crippen LogP contribution is 2.31. The van der Waals surface area contributed by atoms with E-state index in [0.29, 0.717) is 11.5 Å². The number of nitro groups is 1. The number of non-ortho nitro benzene ring substituents is 1. The molecular formula is C21H12I2N2O6. The van der Waals surface area contributed by atoms with Crippen molar-refractivity contribution in [1.29, 1.82) is 0 Å². The van der Waals surface area contributed by atoms with E-state index in [1.165, 1.54) is 18.4 Å². The van der Waals surface area contributed by atoms with Gasteiger partial charge in [-0.1, -0.05) is 0 Å². The third kappa shape index (κ3) is 4.95. The fraction of sp³-hybridized carbons (Fsp3) is 0.0476. The molecule has 3 aromatic rings. The van der Waals surface area contributed by atoms with Gasteiger partial charge in [0, 0.05) is 12.1 Å². The van der Waals surface area contributed by atoms with Crippen molar-refractivity contribution in [3.63, 3.8) is 0 Å². The van der Waals surface area contributed by atoms with Gasteiger partial charge in [-0.2, -0.15) is 0 Å². The lowest BCUT2D eigenvalue weighted by Crippen LogP contribution is -2.04. The van der Waals surface area contributed by atoms with Gasteiger partial charge in [0.25, 0.3) is 11.6 Å². The highest BCUT2D eigenvalue weighted by atomic mass is 127. The van der Waals surface area contributed by atoms with E-state index in [0.717, 1.165) is 18.3 Å². The Balaban J connectivity index is 1.51. The number of nitrogens with zero attached hydrogens (tertiary/aromatic N) is 2. The zero-order chi connectivity index (χ0) is 22.0. The number of nitro benzene ring substituents is 1. The zero-order valence-corrected chi connectivity index (χ0v) is 19.9. The molecule has 8 nitrogen and oxygen atoms in total. The molecule has 1 aliphatic rings. The van der Waals surface area contributed by atoms with Crippen molar-refractivity contribution < 1.29 is 23.6 Å². The van der Waals surface area contributed by atoms with Gasteiger partial charge >= 0.3 is 5.97 Å². The van der Waals surface area contributed by atoms with Crippen LogP contribution < -0.4 is 4.74 Å². The van der Waals surface area contributed by atoms with E-state index in [9.17, 15) is 14.9 Å². The Hall–Kier alpha value is -2.74. The quantitative estimate of drug-likeness (QED) is 0.119. The number of hydrogen-bond donors (Lipinski definition) is 0. The summed E-state index contributed by atoms with van der Waals surface area (Å²) in [6.45, 7) is 0.271. The number of aliphatic imine (C=N–C) groups is 1. The number of carbonyl (C=O) groups is 1. The second kappa shape index (κ2) is 9.18. The molecular weight excluding hydrogens is 630 g/mol. The maximum atomic E-state index is 12.1. The molecule has 4 rings (SSSR count). The Kier molecular flexibility index (Phi) is 6.36. The topological polar surface area (TPSA) is 104 Å². The van der Waals surface area contributed by atoms with Crippen LogP contribution in [0, 0.1) is 17.3 Å². The van der Waals surface area contributed by atoms with Crippen LogP contribution in [0.1, 0.15) is 16.9 Å². The molecule has 1 aliphatic heterocycles. The molecule has 0 saturated heterocycles. The maximum Gasteiger partial charge on any atom is 0.363 e. The number of esters is 1. The SMILES string of the molecule is O=C1OC(c2ccco2)=N/C1=C\c1cc(I)c(OCc2ccc([N+](=O)[O-])cc2)c(I)c1. The lowest BCUT2D eigenvalue weighted by atomic mass is 10.2. The third-order valence-electron chi connectivity index (χ3n) is 4.21. The Morgan fingerprint density at radius 2 is 1.84 bits per heavy atom. The summed E-state index contributed by atoms with van der Waals surface area (Å²) in [5.74, 6) is 0.662. The molecule has 0 fully saturated rings. The number of hydrogen-bond acceptors (Lipinski definition) is 7. The first-order valence-electron chi connectivity index (χ1n) is 8.82. The monoisotopic (exact) mass is 642 g/mol. The number of halogens is 2. The fourth-order valence-electron chi connectivity index (χ4n) is 2.74. The molecule has 0 atom stereocenters. The number of ether oxygens (including phenoxy) is 2. The van der Waals surface area contributed by atoms with Crippen molar-refractivity contribution in [2.24, 2.45) is 4.99 Å². The first-order chi connectivity index (χ1) is 14.9. The van der Waals surface area contributed by atoms with Crippen LogP contribution in [0.2, 0.25) is 0 Å².